The van der Waals surface area contributed by atoms with E-state index in [-0.39, 0.29) is 11.6 Å². The summed E-state index contributed by atoms with van der Waals surface area (Å²) in [6, 6.07) is 8.54. The SMILES string of the molecule is CCCCCCCCc1ccc(-c2ccc(O)cn2)cc1F. The lowest BCUT2D eigenvalue weighted by molar-refractivity contribution is 0.473. The van der Waals surface area contributed by atoms with Gasteiger partial charge in [-0.05, 0) is 36.6 Å². The van der Waals surface area contributed by atoms with Crippen molar-refractivity contribution in [3.8, 4) is 17.0 Å². The van der Waals surface area contributed by atoms with Crippen LogP contribution in [-0.4, -0.2) is 10.1 Å². The second-order valence-corrected chi connectivity index (χ2v) is 5.73. The largest absolute Gasteiger partial charge is 0.506 e. The summed E-state index contributed by atoms with van der Waals surface area (Å²) in [5.74, 6) is -0.0511. The first-order chi connectivity index (χ1) is 10.7. The Labute approximate surface area is 132 Å². The predicted molar refractivity (Wildman–Crippen MR) is 88.4 cm³/mol. The molecule has 2 nitrogen and oxygen atoms in total. The van der Waals surface area contributed by atoms with Crippen molar-refractivity contribution in [1.82, 2.24) is 4.98 Å². The van der Waals surface area contributed by atoms with Crippen molar-refractivity contribution in [2.75, 3.05) is 0 Å². The summed E-state index contributed by atoms with van der Waals surface area (Å²) in [5, 5.41) is 9.24. The van der Waals surface area contributed by atoms with Gasteiger partial charge in [0.1, 0.15) is 11.6 Å². The van der Waals surface area contributed by atoms with E-state index < -0.39 is 0 Å². The van der Waals surface area contributed by atoms with Crippen LogP contribution in [0.15, 0.2) is 36.5 Å². The van der Waals surface area contributed by atoms with Crippen LogP contribution in [-0.2, 0) is 6.42 Å². The number of aromatic hydroxyl groups is 1. The third-order valence-corrected chi connectivity index (χ3v) is 3.90. The summed E-state index contributed by atoms with van der Waals surface area (Å²) in [4.78, 5) is 4.11. The van der Waals surface area contributed by atoms with Gasteiger partial charge in [0.15, 0.2) is 0 Å². The average molecular weight is 301 g/mol. The van der Waals surface area contributed by atoms with E-state index in [4.69, 9.17) is 0 Å². The van der Waals surface area contributed by atoms with Crippen LogP contribution >= 0.6 is 0 Å². The van der Waals surface area contributed by atoms with Crippen molar-refractivity contribution < 1.29 is 9.50 Å². The van der Waals surface area contributed by atoms with Crippen molar-refractivity contribution in [1.29, 1.82) is 0 Å². The van der Waals surface area contributed by atoms with E-state index in [0.717, 1.165) is 24.0 Å². The molecule has 0 radical (unpaired) electrons. The number of nitrogens with zero attached hydrogens (tertiary/aromatic N) is 1. The van der Waals surface area contributed by atoms with E-state index in [0.29, 0.717) is 5.69 Å². The Bertz CT molecular complexity index is 580. The Hall–Kier alpha value is -1.90. The highest BCUT2D eigenvalue weighted by Crippen LogP contribution is 2.22. The van der Waals surface area contributed by atoms with E-state index in [1.807, 2.05) is 12.1 Å². The third-order valence-electron chi connectivity index (χ3n) is 3.90. The fourth-order valence-corrected chi connectivity index (χ4v) is 2.56. The van der Waals surface area contributed by atoms with Gasteiger partial charge in [0, 0.05) is 5.56 Å². The molecule has 0 bridgehead atoms. The highest BCUT2D eigenvalue weighted by molar-refractivity contribution is 5.60. The molecule has 1 N–H and O–H groups in total. The molecule has 0 amide bonds. The molecule has 118 valence electrons. The molecule has 3 heteroatoms. The van der Waals surface area contributed by atoms with Gasteiger partial charge in [0.05, 0.1) is 11.9 Å². The Morgan fingerprint density at radius 1 is 1.00 bits per heavy atom. The molecule has 1 aromatic heterocycles. The molecule has 2 aromatic rings. The highest BCUT2D eigenvalue weighted by Gasteiger charge is 2.06. The van der Waals surface area contributed by atoms with Crippen LogP contribution in [0.4, 0.5) is 4.39 Å². The number of unbranched alkanes of at least 4 members (excludes halogenated alkanes) is 5. The predicted octanol–water partition coefficient (Wildman–Crippen LogP) is 5.50. The molecule has 0 aliphatic heterocycles. The fraction of sp³-hybridized carbons (Fsp3) is 0.421. The minimum Gasteiger partial charge on any atom is -0.506 e. The number of rotatable bonds is 8. The second-order valence-electron chi connectivity index (χ2n) is 5.73. The fourth-order valence-electron chi connectivity index (χ4n) is 2.56. The summed E-state index contributed by atoms with van der Waals surface area (Å²) in [6.45, 7) is 2.21. The van der Waals surface area contributed by atoms with Crippen LogP contribution in [0.25, 0.3) is 11.3 Å². The van der Waals surface area contributed by atoms with E-state index in [1.165, 1.54) is 44.4 Å². The van der Waals surface area contributed by atoms with E-state index in [1.54, 1.807) is 12.1 Å². The van der Waals surface area contributed by atoms with Crippen LogP contribution in [0, 0.1) is 5.82 Å². The van der Waals surface area contributed by atoms with Gasteiger partial charge >= 0.3 is 0 Å². The molecule has 0 saturated heterocycles. The van der Waals surface area contributed by atoms with Crippen molar-refractivity contribution in [3.63, 3.8) is 0 Å². The summed E-state index contributed by atoms with van der Waals surface area (Å²) in [6.07, 6.45) is 9.44. The lowest BCUT2D eigenvalue weighted by Crippen LogP contribution is -1.93. The maximum Gasteiger partial charge on any atom is 0.133 e. The second kappa shape index (κ2) is 8.52. The van der Waals surface area contributed by atoms with Gasteiger partial charge in [-0.25, -0.2) is 4.39 Å². The molecule has 0 saturated carbocycles. The molecule has 0 fully saturated rings. The van der Waals surface area contributed by atoms with Crippen LogP contribution in [0.3, 0.4) is 0 Å². The first-order valence-corrected chi connectivity index (χ1v) is 8.14. The van der Waals surface area contributed by atoms with Gasteiger partial charge in [-0.1, -0.05) is 51.2 Å². The third kappa shape index (κ3) is 4.83. The summed E-state index contributed by atoms with van der Waals surface area (Å²) in [5.41, 5.74) is 2.19. The smallest absolute Gasteiger partial charge is 0.133 e. The summed E-state index contributed by atoms with van der Waals surface area (Å²) >= 11 is 0. The number of hydrogen-bond acceptors (Lipinski definition) is 2. The zero-order chi connectivity index (χ0) is 15.8. The standard InChI is InChI=1S/C19H24FNO/c1-2-3-4-5-6-7-8-15-9-10-16(13-18(15)20)19-12-11-17(22)14-21-19/h9-14,22H,2-8H2,1H3. The Morgan fingerprint density at radius 3 is 2.45 bits per heavy atom. The monoisotopic (exact) mass is 301 g/mol. The minimum atomic E-state index is -0.166. The number of benzene rings is 1. The van der Waals surface area contributed by atoms with Gasteiger partial charge in [-0.3, -0.25) is 4.98 Å². The van der Waals surface area contributed by atoms with Gasteiger partial charge < -0.3 is 5.11 Å². The Kier molecular flexibility index (Phi) is 6.38. The maximum absolute atomic E-state index is 14.2. The van der Waals surface area contributed by atoms with Crippen LogP contribution < -0.4 is 0 Å². The van der Waals surface area contributed by atoms with E-state index >= 15 is 0 Å². The molecular weight excluding hydrogens is 277 g/mol. The zero-order valence-electron chi connectivity index (χ0n) is 13.2. The first-order valence-electron chi connectivity index (χ1n) is 8.14. The molecule has 2 rings (SSSR count). The highest BCUT2D eigenvalue weighted by atomic mass is 19.1. The number of halogens is 1. The zero-order valence-corrected chi connectivity index (χ0v) is 13.2. The maximum atomic E-state index is 14.2. The Morgan fingerprint density at radius 2 is 1.77 bits per heavy atom. The summed E-state index contributed by atoms with van der Waals surface area (Å²) < 4.78 is 14.2. The first kappa shape index (κ1) is 16.5. The molecular formula is C19H24FNO. The molecule has 22 heavy (non-hydrogen) atoms. The summed E-state index contributed by atoms with van der Waals surface area (Å²) in [7, 11) is 0. The van der Waals surface area contributed by atoms with Crippen LogP contribution in [0.5, 0.6) is 5.75 Å². The van der Waals surface area contributed by atoms with Crippen LogP contribution in [0.1, 0.15) is 51.0 Å². The molecule has 0 spiro atoms. The quantitative estimate of drug-likeness (QED) is 0.653. The molecule has 1 aromatic carbocycles. The molecule has 0 atom stereocenters. The molecule has 0 aliphatic carbocycles. The van der Waals surface area contributed by atoms with Gasteiger partial charge in [-0.2, -0.15) is 0 Å². The van der Waals surface area contributed by atoms with Gasteiger partial charge in [0.25, 0.3) is 0 Å². The van der Waals surface area contributed by atoms with E-state index in [9.17, 15) is 9.50 Å². The number of pyridine rings is 1. The van der Waals surface area contributed by atoms with Gasteiger partial charge in [-0.15, -0.1) is 0 Å². The van der Waals surface area contributed by atoms with Crippen LogP contribution in [0.2, 0.25) is 0 Å². The van der Waals surface area contributed by atoms with Crippen molar-refractivity contribution >= 4 is 0 Å². The lowest BCUT2D eigenvalue weighted by atomic mass is 10.0. The van der Waals surface area contributed by atoms with Gasteiger partial charge in [0.2, 0.25) is 0 Å². The van der Waals surface area contributed by atoms with Crippen molar-refractivity contribution in [3.05, 3.63) is 47.9 Å². The lowest BCUT2D eigenvalue weighted by Gasteiger charge is -2.06. The van der Waals surface area contributed by atoms with E-state index in [2.05, 4.69) is 11.9 Å². The average Bonchev–Trinajstić information content (AvgIpc) is 2.53. The molecule has 0 aliphatic rings. The molecule has 0 unspecified atom stereocenters. The number of aryl methyl sites for hydroxylation is 1. The Balaban J connectivity index is 1.91. The molecule has 1 heterocycles. The normalized spacial score (nSPS) is 10.8. The minimum absolute atomic E-state index is 0.115. The van der Waals surface area contributed by atoms with Crippen molar-refractivity contribution in [2.24, 2.45) is 0 Å². The topological polar surface area (TPSA) is 33.1 Å². The number of aromatic nitrogens is 1. The van der Waals surface area contributed by atoms with Crippen molar-refractivity contribution in [2.45, 2.75) is 51.9 Å². The number of hydrogen-bond donors (Lipinski definition) is 1.